The monoisotopic (exact) mass is 395 g/mol. The topological polar surface area (TPSA) is 81.7 Å². The van der Waals surface area contributed by atoms with E-state index in [1.165, 1.54) is 0 Å². The first-order valence-electron chi connectivity index (χ1n) is 9.63. The van der Waals surface area contributed by atoms with Crippen molar-refractivity contribution in [2.45, 2.75) is 59.8 Å². The lowest BCUT2D eigenvalue weighted by molar-refractivity contribution is -0.120. The van der Waals surface area contributed by atoms with Gasteiger partial charge in [-0.15, -0.1) is 11.3 Å². The minimum absolute atomic E-state index is 0.0486. The van der Waals surface area contributed by atoms with Crippen LogP contribution in [0.4, 0.5) is 5.00 Å². The van der Waals surface area contributed by atoms with Crippen LogP contribution in [0.1, 0.15) is 78.5 Å². The zero-order valence-electron chi connectivity index (χ0n) is 16.6. The van der Waals surface area contributed by atoms with Crippen molar-refractivity contribution in [2.24, 2.45) is 11.8 Å². The van der Waals surface area contributed by atoms with Gasteiger partial charge in [0.15, 0.2) is 0 Å². The molecule has 0 atom stereocenters. The van der Waals surface area contributed by atoms with Crippen LogP contribution in [0.5, 0.6) is 0 Å². The largest absolute Gasteiger partial charge is 0.462 e. The van der Waals surface area contributed by atoms with E-state index in [-0.39, 0.29) is 29.9 Å². The number of amides is 1. The number of rotatable bonds is 7. The number of ether oxygens (including phenoxy) is 2. The van der Waals surface area contributed by atoms with Crippen molar-refractivity contribution in [2.75, 3.05) is 18.5 Å². The normalized spacial score (nSPS) is 14.9. The quantitative estimate of drug-likeness (QED) is 0.684. The first-order chi connectivity index (χ1) is 12.8. The molecule has 1 saturated carbocycles. The fourth-order valence-corrected chi connectivity index (χ4v) is 4.22. The summed E-state index contributed by atoms with van der Waals surface area (Å²) in [6.45, 7) is 7.83. The average Bonchev–Trinajstić information content (AvgIpc) is 2.96. The second kappa shape index (κ2) is 9.88. The summed E-state index contributed by atoms with van der Waals surface area (Å²) >= 11 is 1.09. The molecule has 6 nitrogen and oxygen atoms in total. The summed E-state index contributed by atoms with van der Waals surface area (Å²) in [6, 6.07) is 0. The molecular formula is C20H29NO5S. The fraction of sp³-hybridized carbons (Fsp3) is 0.650. The molecule has 1 aromatic heterocycles. The molecule has 0 aromatic carbocycles. The number of anilines is 1. The van der Waals surface area contributed by atoms with Gasteiger partial charge in [0.05, 0.1) is 18.8 Å². The molecule has 0 bridgehead atoms. The highest BCUT2D eigenvalue weighted by Gasteiger charge is 2.29. The summed E-state index contributed by atoms with van der Waals surface area (Å²) in [6.07, 6.45) is 4.95. The average molecular weight is 396 g/mol. The third-order valence-corrected chi connectivity index (χ3v) is 5.76. The van der Waals surface area contributed by atoms with Crippen LogP contribution < -0.4 is 5.32 Å². The van der Waals surface area contributed by atoms with Crippen LogP contribution in [0.25, 0.3) is 0 Å². The minimum atomic E-state index is -0.534. The van der Waals surface area contributed by atoms with E-state index in [4.69, 9.17) is 9.47 Å². The van der Waals surface area contributed by atoms with E-state index in [0.717, 1.165) is 43.4 Å². The van der Waals surface area contributed by atoms with Gasteiger partial charge in [0.1, 0.15) is 9.88 Å². The highest BCUT2D eigenvalue weighted by atomic mass is 32.1. The van der Waals surface area contributed by atoms with Crippen molar-refractivity contribution in [3.63, 3.8) is 0 Å². The van der Waals surface area contributed by atoms with E-state index < -0.39 is 11.9 Å². The van der Waals surface area contributed by atoms with Crippen LogP contribution >= 0.6 is 11.3 Å². The molecule has 0 spiro atoms. The molecule has 1 aromatic rings. The lowest BCUT2D eigenvalue weighted by atomic mass is 9.89. The van der Waals surface area contributed by atoms with Crippen molar-refractivity contribution in [3.05, 3.63) is 16.0 Å². The van der Waals surface area contributed by atoms with Gasteiger partial charge >= 0.3 is 11.9 Å². The summed E-state index contributed by atoms with van der Waals surface area (Å²) in [5, 5.41) is 3.24. The Morgan fingerprint density at radius 1 is 1.11 bits per heavy atom. The first kappa shape index (κ1) is 21.4. The Morgan fingerprint density at radius 3 is 2.37 bits per heavy atom. The molecule has 150 valence electrons. The molecule has 7 heteroatoms. The molecule has 0 unspecified atom stereocenters. The molecule has 1 fully saturated rings. The molecule has 1 aliphatic carbocycles. The van der Waals surface area contributed by atoms with Gasteiger partial charge in [0, 0.05) is 5.92 Å². The van der Waals surface area contributed by atoms with Crippen LogP contribution in [0, 0.1) is 18.8 Å². The molecule has 1 heterocycles. The zero-order valence-corrected chi connectivity index (χ0v) is 17.4. The molecule has 2 rings (SSSR count). The fourth-order valence-electron chi connectivity index (χ4n) is 3.13. The van der Waals surface area contributed by atoms with Gasteiger partial charge in [-0.1, -0.05) is 33.1 Å². The number of thiophene rings is 1. The predicted octanol–water partition coefficient (Wildman–Crippen LogP) is 4.56. The van der Waals surface area contributed by atoms with Crippen LogP contribution in [-0.2, 0) is 14.3 Å². The van der Waals surface area contributed by atoms with Gasteiger partial charge < -0.3 is 14.8 Å². The number of esters is 2. The third-order valence-electron chi connectivity index (χ3n) is 4.57. The zero-order chi connectivity index (χ0) is 20.0. The van der Waals surface area contributed by atoms with E-state index in [9.17, 15) is 14.4 Å². The molecule has 0 saturated heterocycles. The van der Waals surface area contributed by atoms with Crippen LogP contribution in [0.3, 0.4) is 0 Å². The molecule has 0 radical (unpaired) electrons. The number of hydrogen-bond acceptors (Lipinski definition) is 6. The maximum atomic E-state index is 12.6. The van der Waals surface area contributed by atoms with Gasteiger partial charge in [-0.05, 0) is 38.2 Å². The van der Waals surface area contributed by atoms with Gasteiger partial charge in [0.2, 0.25) is 5.91 Å². The highest BCUT2D eigenvalue weighted by Crippen LogP contribution is 2.35. The molecule has 27 heavy (non-hydrogen) atoms. The minimum Gasteiger partial charge on any atom is -0.462 e. The predicted molar refractivity (Wildman–Crippen MR) is 105 cm³/mol. The van der Waals surface area contributed by atoms with Gasteiger partial charge in [-0.2, -0.15) is 0 Å². The lowest BCUT2D eigenvalue weighted by Crippen LogP contribution is -2.25. The highest BCUT2D eigenvalue weighted by molar-refractivity contribution is 7.18. The van der Waals surface area contributed by atoms with Crippen molar-refractivity contribution >= 4 is 34.2 Å². The van der Waals surface area contributed by atoms with Crippen molar-refractivity contribution in [1.82, 2.24) is 0 Å². The maximum Gasteiger partial charge on any atom is 0.348 e. The Morgan fingerprint density at radius 2 is 1.78 bits per heavy atom. The van der Waals surface area contributed by atoms with Gasteiger partial charge in [-0.3, -0.25) is 4.79 Å². The smallest absolute Gasteiger partial charge is 0.348 e. The maximum absolute atomic E-state index is 12.6. The SMILES string of the molecule is CCOC(=O)c1c(NC(=O)C2CCCCC2)sc(C(=O)OCC(C)C)c1C. The van der Waals surface area contributed by atoms with Gasteiger partial charge in [-0.25, -0.2) is 9.59 Å². The van der Waals surface area contributed by atoms with E-state index in [2.05, 4.69) is 5.32 Å². The summed E-state index contributed by atoms with van der Waals surface area (Å²) in [7, 11) is 0. The van der Waals surface area contributed by atoms with Crippen LogP contribution in [-0.4, -0.2) is 31.1 Å². The van der Waals surface area contributed by atoms with E-state index in [0.29, 0.717) is 22.0 Å². The van der Waals surface area contributed by atoms with Crippen LogP contribution in [0.15, 0.2) is 0 Å². The lowest BCUT2D eigenvalue weighted by Gasteiger charge is -2.20. The Hall–Kier alpha value is -1.89. The third kappa shape index (κ3) is 5.54. The molecule has 1 amide bonds. The molecule has 0 aliphatic heterocycles. The number of hydrogen-bond donors (Lipinski definition) is 1. The van der Waals surface area contributed by atoms with E-state index in [1.54, 1.807) is 13.8 Å². The second-order valence-electron chi connectivity index (χ2n) is 7.30. The summed E-state index contributed by atoms with van der Waals surface area (Å²) in [4.78, 5) is 37.8. The van der Waals surface area contributed by atoms with Crippen LogP contribution in [0.2, 0.25) is 0 Å². The van der Waals surface area contributed by atoms with E-state index >= 15 is 0 Å². The Labute approximate surface area is 164 Å². The number of carbonyl (C=O) groups excluding carboxylic acids is 3. The summed E-state index contributed by atoms with van der Waals surface area (Å²) in [5.41, 5.74) is 0.744. The number of carbonyl (C=O) groups is 3. The Bertz CT molecular complexity index is 689. The Balaban J connectivity index is 2.27. The first-order valence-corrected chi connectivity index (χ1v) is 10.4. The molecular weight excluding hydrogens is 366 g/mol. The van der Waals surface area contributed by atoms with E-state index in [1.807, 2.05) is 13.8 Å². The van der Waals surface area contributed by atoms with Crippen molar-refractivity contribution in [3.8, 4) is 0 Å². The summed E-state index contributed by atoms with van der Waals surface area (Å²) in [5.74, 6) is -0.941. The van der Waals surface area contributed by atoms with Crippen molar-refractivity contribution in [1.29, 1.82) is 0 Å². The van der Waals surface area contributed by atoms with Crippen molar-refractivity contribution < 1.29 is 23.9 Å². The standard InChI is InChI=1S/C20H29NO5S/c1-5-25-19(23)15-13(4)16(20(24)26-11-12(2)3)27-18(15)21-17(22)14-9-7-6-8-10-14/h12,14H,5-11H2,1-4H3,(H,21,22). The Kier molecular flexibility index (Phi) is 7.83. The summed E-state index contributed by atoms with van der Waals surface area (Å²) < 4.78 is 10.4. The molecule has 1 N–H and O–H groups in total. The second-order valence-corrected chi connectivity index (χ2v) is 8.32. The molecule has 1 aliphatic rings. The number of nitrogens with one attached hydrogen (secondary N) is 1. The van der Waals surface area contributed by atoms with Gasteiger partial charge in [0.25, 0.3) is 0 Å².